The van der Waals surface area contributed by atoms with Crippen molar-refractivity contribution in [1.82, 2.24) is 0 Å². The summed E-state index contributed by atoms with van der Waals surface area (Å²) in [6, 6.07) is 12.5. The topological polar surface area (TPSA) is 26.0 Å². The summed E-state index contributed by atoms with van der Waals surface area (Å²) in [6.07, 6.45) is 2.13. The van der Waals surface area contributed by atoms with Crippen molar-refractivity contribution >= 4 is 22.9 Å². The fourth-order valence-corrected chi connectivity index (χ4v) is 3.20. The summed E-state index contributed by atoms with van der Waals surface area (Å²) in [5, 5.41) is 0.777. The van der Waals surface area contributed by atoms with Gasteiger partial charge in [0.25, 0.3) is 0 Å². The Morgan fingerprint density at radius 3 is 2.33 bits per heavy atom. The molecule has 18 heavy (non-hydrogen) atoms. The van der Waals surface area contributed by atoms with Gasteiger partial charge in [0.05, 0.1) is 0 Å². The molecule has 0 radical (unpaired) electrons. The van der Waals surface area contributed by atoms with Crippen molar-refractivity contribution in [2.24, 2.45) is 5.73 Å². The maximum absolute atomic E-state index is 5.91. The number of benzene rings is 1. The number of halogens is 1. The molecule has 1 heterocycles. The molecule has 2 rings (SSSR count). The Balaban J connectivity index is 2.11. The van der Waals surface area contributed by atoms with Crippen LogP contribution in [-0.2, 0) is 12.8 Å². The van der Waals surface area contributed by atoms with E-state index in [-0.39, 0.29) is 0 Å². The minimum absolute atomic E-state index is 0.380. The highest BCUT2D eigenvalue weighted by Crippen LogP contribution is 2.26. The third-order valence-corrected chi connectivity index (χ3v) is 4.64. The monoisotopic (exact) mass is 279 g/mol. The van der Waals surface area contributed by atoms with Crippen LogP contribution < -0.4 is 5.73 Å². The predicted octanol–water partition coefficient (Wildman–Crippen LogP) is 4.25. The zero-order chi connectivity index (χ0) is 13.0. The summed E-state index contributed by atoms with van der Waals surface area (Å²) < 4.78 is 0. The molecule has 1 atom stereocenters. The summed E-state index contributed by atoms with van der Waals surface area (Å²) in [4.78, 5) is 2.86. The molecule has 96 valence electrons. The fourth-order valence-electron chi connectivity index (χ4n) is 2.04. The molecule has 2 N–H and O–H groups in total. The van der Waals surface area contributed by atoms with E-state index >= 15 is 0 Å². The minimum Gasteiger partial charge on any atom is -0.330 e. The number of thiophene rings is 1. The molecule has 0 amide bonds. The van der Waals surface area contributed by atoms with Gasteiger partial charge in [-0.05, 0) is 49.2 Å². The van der Waals surface area contributed by atoms with Crippen molar-refractivity contribution < 1.29 is 0 Å². The van der Waals surface area contributed by atoms with Crippen LogP contribution in [-0.4, -0.2) is 6.54 Å². The van der Waals surface area contributed by atoms with Crippen molar-refractivity contribution in [1.29, 1.82) is 0 Å². The van der Waals surface area contributed by atoms with Crippen LogP contribution in [0.4, 0.5) is 0 Å². The van der Waals surface area contributed by atoms with Crippen molar-refractivity contribution in [2.75, 3.05) is 6.54 Å². The molecule has 1 unspecified atom stereocenters. The smallest absolute Gasteiger partial charge is 0.0406 e. The number of hydrogen-bond acceptors (Lipinski definition) is 2. The third kappa shape index (κ3) is 3.35. The maximum Gasteiger partial charge on any atom is 0.0406 e. The van der Waals surface area contributed by atoms with Gasteiger partial charge in [-0.15, -0.1) is 11.3 Å². The molecule has 0 spiro atoms. The third-order valence-electron chi connectivity index (χ3n) is 3.14. The quantitative estimate of drug-likeness (QED) is 0.870. The van der Waals surface area contributed by atoms with E-state index in [9.17, 15) is 0 Å². The largest absolute Gasteiger partial charge is 0.330 e. The van der Waals surface area contributed by atoms with Crippen LogP contribution >= 0.6 is 22.9 Å². The lowest BCUT2D eigenvalue weighted by Gasteiger charge is -2.14. The van der Waals surface area contributed by atoms with Gasteiger partial charge in [-0.3, -0.25) is 0 Å². The Hall–Kier alpha value is -0.830. The van der Waals surface area contributed by atoms with Gasteiger partial charge in [-0.25, -0.2) is 0 Å². The van der Waals surface area contributed by atoms with Crippen LogP contribution in [0.25, 0.3) is 0 Å². The van der Waals surface area contributed by atoms with Crippen LogP contribution in [0, 0.1) is 0 Å². The Bertz CT molecular complexity index is 489. The van der Waals surface area contributed by atoms with Crippen molar-refractivity contribution in [3.63, 3.8) is 0 Å². The molecule has 0 aliphatic rings. The first-order valence-electron chi connectivity index (χ1n) is 6.26. The van der Waals surface area contributed by atoms with Crippen LogP contribution in [0.2, 0.25) is 5.02 Å². The normalized spacial score (nSPS) is 12.6. The predicted molar refractivity (Wildman–Crippen MR) is 80.6 cm³/mol. The molecular weight excluding hydrogens is 262 g/mol. The standard InChI is InChI=1S/C15H18ClNS/c1-2-14-7-8-15(18-14)9-12(10-17)11-3-5-13(16)6-4-11/h3-8,12H,2,9-10,17H2,1H3. The lowest BCUT2D eigenvalue weighted by atomic mass is 9.95. The maximum atomic E-state index is 5.91. The molecule has 1 aromatic carbocycles. The molecule has 1 aromatic heterocycles. The number of rotatable bonds is 5. The second-order valence-electron chi connectivity index (χ2n) is 4.41. The minimum atomic E-state index is 0.380. The highest BCUT2D eigenvalue weighted by molar-refractivity contribution is 7.11. The molecule has 0 bridgehead atoms. The molecule has 1 nitrogen and oxygen atoms in total. The second-order valence-corrected chi connectivity index (χ2v) is 6.10. The van der Waals surface area contributed by atoms with Gasteiger partial charge in [0.15, 0.2) is 0 Å². The second kappa shape index (κ2) is 6.37. The molecule has 0 saturated carbocycles. The Labute approximate surface area is 118 Å². The first-order chi connectivity index (χ1) is 8.72. The van der Waals surface area contributed by atoms with Crippen molar-refractivity contribution in [3.8, 4) is 0 Å². The van der Waals surface area contributed by atoms with Gasteiger partial charge in [0.1, 0.15) is 0 Å². The van der Waals surface area contributed by atoms with Gasteiger partial charge < -0.3 is 5.73 Å². The average molecular weight is 280 g/mol. The molecule has 0 aliphatic carbocycles. The summed E-state index contributed by atoms with van der Waals surface area (Å²) in [5.41, 5.74) is 7.17. The van der Waals surface area contributed by atoms with Crippen molar-refractivity contribution in [3.05, 3.63) is 56.7 Å². The lowest BCUT2D eigenvalue weighted by molar-refractivity contribution is 0.701. The molecule has 3 heteroatoms. The highest BCUT2D eigenvalue weighted by atomic mass is 35.5. The zero-order valence-corrected chi connectivity index (χ0v) is 12.1. The van der Waals surface area contributed by atoms with Gasteiger partial charge in [-0.2, -0.15) is 0 Å². The summed E-state index contributed by atoms with van der Waals surface area (Å²) >= 11 is 7.81. The zero-order valence-electron chi connectivity index (χ0n) is 10.5. The Morgan fingerprint density at radius 2 is 1.78 bits per heavy atom. The molecule has 2 aromatic rings. The van der Waals surface area contributed by atoms with Crippen LogP contribution in [0.5, 0.6) is 0 Å². The first kappa shape index (κ1) is 13.6. The molecule has 0 saturated heterocycles. The molecule has 0 aliphatic heterocycles. The highest BCUT2D eigenvalue weighted by Gasteiger charge is 2.12. The number of aryl methyl sites for hydroxylation is 1. The summed E-state index contributed by atoms with van der Waals surface area (Å²) in [7, 11) is 0. The fraction of sp³-hybridized carbons (Fsp3) is 0.333. The summed E-state index contributed by atoms with van der Waals surface area (Å²) in [6.45, 7) is 2.86. The van der Waals surface area contributed by atoms with Crippen LogP contribution in [0.3, 0.4) is 0 Å². The van der Waals surface area contributed by atoms with E-state index in [1.165, 1.54) is 15.3 Å². The van der Waals surface area contributed by atoms with Gasteiger partial charge in [-0.1, -0.05) is 30.7 Å². The number of nitrogens with two attached hydrogens (primary N) is 1. The Kier molecular flexibility index (Phi) is 4.81. The van der Waals surface area contributed by atoms with E-state index in [4.69, 9.17) is 17.3 Å². The van der Waals surface area contributed by atoms with E-state index in [2.05, 4.69) is 31.2 Å². The SMILES string of the molecule is CCc1ccc(CC(CN)c2ccc(Cl)cc2)s1. The molecule has 0 fully saturated rings. The van der Waals surface area contributed by atoms with E-state index in [1.54, 1.807) is 0 Å². The van der Waals surface area contributed by atoms with Crippen molar-refractivity contribution in [2.45, 2.75) is 25.7 Å². The molecular formula is C15H18ClNS. The van der Waals surface area contributed by atoms with E-state index in [1.807, 2.05) is 23.5 Å². The van der Waals surface area contributed by atoms with E-state index < -0.39 is 0 Å². The van der Waals surface area contributed by atoms with Crippen LogP contribution in [0.1, 0.15) is 28.2 Å². The summed E-state index contributed by atoms with van der Waals surface area (Å²) in [5.74, 6) is 0.380. The average Bonchev–Trinajstić information content (AvgIpc) is 2.85. The first-order valence-corrected chi connectivity index (χ1v) is 7.45. The lowest BCUT2D eigenvalue weighted by Crippen LogP contribution is -2.14. The van der Waals surface area contributed by atoms with Crippen LogP contribution in [0.15, 0.2) is 36.4 Å². The van der Waals surface area contributed by atoms with Gasteiger partial charge >= 0.3 is 0 Å². The Morgan fingerprint density at radius 1 is 1.11 bits per heavy atom. The van der Waals surface area contributed by atoms with Gasteiger partial charge in [0.2, 0.25) is 0 Å². The van der Waals surface area contributed by atoms with E-state index in [0.29, 0.717) is 12.5 Å². The number of hydrogen-bond donors (Lipinski definition) is 1. The van der Waals surface area contributed by atoms with Gasteiger partial charge in [0, 0.05) is 20.7 Å². The van der Waals surface area contributed by atoms with E-state index in [0.717, 1.165) is 17.9 Å².